The van der Waals surface area contributed by atoms with E-state index >= 15 is 0 Å². The second-order valence-electron chi connectivity index (χ2n) is 5.30. The van der Waals surface area contributed by atoms with Gasteiger partial charge in [0.1, 0.15) is 0 Å². The summed E-state index contributed by atoms with van der Waals surface area (Å²) in [7, 11) is 0. The van der Waals surface area contributed by atoms with E-state index in [-0.39, 0.29) is 0 Å². The van der Waals surface area contributed by atoms with Gasteiger partial charge in [-0.3, -0.25) is 0 Å². The maximum absolute atomic E-state index is 2.41. The summed E-state index contributed by atoms with van der Waals surface area (Å²) in [6, 6.07) is 15.7. The Balaban J connectivity index is 1.93. The van der Waals surface area contributed by atoms with Gasteiger partial charge in [-0.2, -0.15) is 0 Å². The van der Waals surface area contributed by atoms with Gasteiger partial charge in [0.15, 0.2) is 0 Å². The highest BCUT2D eigenvalue weighted by molar-refractivity contribution is 5.83. The maximum atomic E-state index is 2.41. The van der Waals surface area contributed by atoms with Gasteiger partial charge in [0.2, 0.25) is 0 Å². The van der Waals surface area contributed by atoms with Crippen molar-refractivity contribution < 1.29 is 0 Å². The minimum Gasteiger partial charge on any atom is -0.0616 e. The largest absolute Gasteiger partial charge is 0.0616 e. The average molecular weight is 224 g/mol. The fourth-order valence-corrected chi connectivity index (χ4v) is 3.07. The molecule has 0 aliphatic heterocycles. The van der Waals surface area contributed by atoms with Gasteiger partial charge in [-0.15, -0.1) is 0 Å². The van der Waals surface area contributed by atoms with Crippen LogP contribution in [0.15, 0.2) is 42.5 Å². The van der Waals surface area contributed by atoms with Crippen molar-refractivity contribution in [2.75, 3.05) is 0 Å². The lowest BCUT2D eigenvalue weighted by atomic mass is 9.90. The van der Waals surface area contributed by atoms with Crippen molar-refractivity contribution in [3.05, 3.63) is 48.0 Å². The van der Waals surface area contributed by atoms with Crippen molar-refractivity contribution in [2.45, 2.75) is 44.4 Å². The summed E-state index contributed by atoms with van der Waals surface area (Å²) in [5.41, 5.74) is 1.56. The molecule has 3 rings (SSSR count). The molecular weight excluding hydrogens is 204 g/mol. The van der Waals surface area contributed by atoms with Gasteiger partial charge in [0.05, 0.1) is 0 Å². The van der Waals surface area contributed by atoms with Crippen LogP contribution in [0.3, 0.4) is 0 Å². The summed E-state index contributed by atoms with van der Waals surface area (Å²) in [5.74, 6) is 0.808. The fourth-order valence-electron chi connectivity index (χ4n) is 3.07. The molecular formula is C17H20. The van der Waals surface area contributed by atoms with Gasteiger partial charge in [-0.1, -0.05) is 68.1 Å². The molecule has 1 fully saturated rings. The van der Waals surface area contributed by atoms with Crippen LogP contribution in [0, 0.1) is 0 Å². The number of rotatable bonds is 1. The van der Waals surface area contributed by atoms with Crippen molar-refractivity contribution in [1.29, 1.82) is 0 Å². The first-order valence-electron chi connectivity index (χ1n) is 6.92. The summed E-state index contributed by atoms with van der Waals surface area (Å²) in [6.07, 6.45) is 8.47. The second-order valence-corrected chi connectivity index (χ2v) is 5.30. The number of hydrogen-bond donors (Lipinski definition) is 0. The molecule has 17 heavy (non-hydrogen) atoms. The third-order valence-corrected chi connectivity index (χ3v) is 4.10. The van der Waals surface area contributed by atoms with Crippen molar-refractivity contribution in [3.8, 4) is 0 Å². The molecule has 0 nitrogen and oxygen atoms in total. The molecule has 0 spiro atoms. The summed E-state index contributed by atoms with van der Waals surface area (Å²) in [5, 5.41) is 2.76. The first-order valence-corrected chi connectivity index (χ1v) is 6.92. The van der Waals surface area contributed by atoms with Crippen molar-refractivity contribution in [3.63, 3.8) is 0 Å². The molecule has 0 atom stereocenters. The van der Waals surface area contributed by atoms with Crippen LogP contribution in [0.5, 0.6) is 0 Å². The molecule has 0 unspecified atom stereocenters. The maximum Gasteiger partial charge on any atom is -0.0162 e. The highest BCUT2D eigenvalue weighted by Crippen LogP contribution is 2.32. The highest BCUT2D eigenvalue weighted by atomic mass is 14.2. The lowest BCUT2D eigenvalue weighted by molar-refractivity contribution is 0.593. The predicted molar refractivity (Wildman–Crippen MR) is 74.4 cm³/mol. The van der Waals surface area contributed by atoms with Gasteiger partial charge in [-0.05, 0) is 35.1 Å². The summed E-state index contributed by atoms with van der Waals surface area (Å²) >= 11 is 0. The third kappa shape index (κ3) is 2.36. The molecule has 0 saturated heterocycles. The predicted octanol–water partition coefficient (Wildman–Crippen LogP) is 5.28. The molecule has 1 aliphatic carbocycles. The number of benzene rings is 2. The van der Waals surface area contributed by atoms with Crippen molar-refractivity contribution in [1.82, 2.24) is 0 Å². The topological polar surface area (TPSA) is 0 Å². The Morgan fingerprint density at radius 1 is 0.706 bits per heavy atom. The van der Waals surface area contributed by atoms with E-state index in [2.05, 4.69) is 42.5 Å². The number of fused-ring (bicyclic) bond motifs is 1. The number of hydrogen-bond acceptors (Lipinski definition) is 0. The van der Waals surface area contributed by atoms with Crippen LogP contribution in [-0.2, 0) is 0 Å². The summed E-state index contributed by atoms with van der Waals surface area (Å²) in [6.45, 7) is 0. The first-order chi connectivity index (χ1) is 8.43. The standard InChI is InChI=1S/C17H20/c1-2-4-8-14(7-3-1)17-12-11-15-9-5-6-10-16(15)13-17/h5-6,9-14H,1-4,7-8H2. The van der Waals surface area contributed by atoms with Gasteiger partial charge >= 0.3 is 0 Å². The molecule has 0 N–H and O–H groups in total. The summed E-state index contributed by atoms with van der Waals surface area (Å²) in [4.78, 5) is 0. The van der Waals surface area contributed by atoms with Crippen LogP contribution in [0.2, 0.25) is 0 Å². The Morgan fingerprint density at radius 3 is 2.18 bits per heavy atom. The lowest BCUT2D eigenvalue weighted by Crippen LogP contribution is -1.96. The van der Waals surface area contributed by atoms with Crippen LogP contribution < -0.4 is 0 Å². The van der Waals surface area contributed by atoms with E-state index in [0.29, 0.717) is 0 Å². The molecule has 0 heterocycles. The third-order valence-electron chi connectivity index (χ3n) is 4.10. The van der Waals surface area contributed by atoms with Crippen LogP contribution in [0.4, 0.5) is 0 Å². The lowest BCUT2D eigenvalue weighted by Gasteiger charge is -2.15. The van der Waals surface area contributed by atoms with E-state index in [0.717, 1.165) is 5.92 Å². The monoisotopic (exact) mass is 224 g/mol. The van der Waals surface area contributed by atoms with Gasteiger partial charge in [0, 0.05) is 0 Å². The molecule has 2 aromatic carbocycles. The van der Waals surface area contributed by atoms with Crippen LogP contribution in [0.25, 0.3) is 10.8 Å². The molecule has 0 amide bonds. The van der Waals surface area contributed by atoms with E-state index in [9.17, 15) is 0 Å². The zero-order valence-corrected chi connectivity index (χ0v) is 10.4. The Kier molecular flexibility index (Phi) is 3.13. The fraction of sp³-hybridized carbons (Fsp3) is 0.412. The Labute approximate surface area is 104 Å². The van der Waals surface area contributed by atoms with Crippen LogP contribution in [-0.4, -0.2) is 0 Å². The highest BCUT2D eigenvalue weighted by Gasteiger charge is 2.14. The normalized spacial score (nSPS) is 18.1. The molecule has 1 saturated carbocycles. The van der Waals surface area contributed by atoms with E-state index in [4.69, 9.17) is 0 Å². The van der Waals surface area contributed by atoms with E-state index in [1.165, 1.54) is 49.3 Å². The average Bonchev–Trinajstić information content (AvgIpc) is 2.67. The van der Waals surface area contributed by atoms with Gasteiger partial charge in [-0.25, -0.2) is 0 Å². The van der Waals surface area contributed by atoms with E-state index in [1.807, 2.05) is 0 Å². The van der Waals surface area contributed by atoms with E-state index in [1.54, 1.807) is 5.56 Å². The van der Waals surface area contributed by atoms with Gasteiger partial charge in [0.25, 0.3) is 0 Å². The smallest absolute Gasteiger partial charge is 0.0162 e. The molecule has 0 radical (unpaired) electrons. The zero-order chi connectivity index (χ0) is 11.5. The summed E-state index contributed by atoms with van der Waals surface area (Å²) < 4.78 is 0. The SMILES string of the molecule is c1ccc2cc(C3CCCCCC3)ccc2c1. The quantitative estimate of drug-likeness (QED) is 0.578. The van der Waals surface area contributed by atoms with Crippen molar-refractivity contribution >= 4 is 10.8 Å². The minimum atomic E-state index is 0.808. The minimum absolute atomic E-state index is 0.808. The van der Waals surface area contributed by atoms with Crippen LogP contribution in [0.1, 0.15) is 50.0 Å². The molecule has 1 aliphatic rings. The Morgan fingerprint density at radius 2 is 1.41 bits per heavy atom. The first kappa shape index (κ1) is 10.8. The van der Waals surface area contributed by atoms with E-state index < -0.39 is 0 Å². The van der Waals surface area contributed by atoms with Crippen LogP contribution >= 0.6 is 0 Å². The molecule has 2 aromatic rings. The molecule has 0 heteroatoms. The van der Waals surface area contributed by atoms with Gasteiger partial charge < -0.3 is 0 Å². The molecule has 0 aromatic heterocycles. The Hall–Kier alpha value is -1.30. The molecule has 88 valence electrons. The molecule has 0 bridgehead atoms. The van der Waals surface area contributed by atoms with Crippen molar-refractivity contribution in [2.24, 2.45) is 0 Å². The Bertz CT molecular complexity index is 490. The second kappa shape index (κ2) is 4.91. The zero-order valence-electron chi connectivity index (χ0n) is 10.4.